The van der Waals surface area contributed by atoms with Gasteiger partial charge in [-0.25, -0.2) is 0 Å². The highest BCUT2D eigenvalue weighted by molar-refractivity contribution is 5.89. The minimum Gasteiger partial charge on any atom is -0.497 e. The van der Waals surface area contributed by atoms with E-state index in [1.807, 2.05) is 52.3 Å². The molecule has 0 N–H and O–H groups in total. The predicted molar refractivity (Wildman–Crippen MR) is 121 cm³/mol. The van der Waals surface area contributed by atoms with E-state index in [0.29, 0.717) is 18.9 Å². The van der Waals surface area contributed by atoms with Crippen LogP contribution in [0.25, 0.3) is 0 Å². The van der Waals surface area contributed by atoms with Crippen molar-refractivity contribution in [2.45, 2.75) is 44.6 Å². The number of rotatable bonds is 6. The number of carbonyl (C=O) groups excluding carboxylic acids is 2. The van der Waals surface area contributed by atoms with Crippen molar-refractivity contribution in [2.24, 2.45) is 5.92 Å². The summed E-state index contributed by atoms with van der Waals surface area (Å²) in [4.78, 5) is 30.0. The van der Waals surface area contributed by atoms with Crippen molar-refractivity contribution in [3.05, 3.63) is 65.7 Å². The fraction of sp³-hybridized carbons (Fsp3) is 0.462. The van der Waals surface area contributed by atoms with Gasteiger partial charge in [0.05, 0.1) is 7.11 Å². The van der Waals surface area contributed by atoms with Gasteiger partial charge in [0.15, 0.2) is 0 Å². The lowest BCUT2D eigenvalue weighted by atomic mass is 9.89. The van der Waals surface area contributed by atoms with Gasteiger partial charge in [-0.3, -0.25) is 9.59 Å². The maximum Gasteiger partial charge on any atom is 0.250 e. The monoisotopic (exact) mass is 420 g/mol. The first kappa shape index (κ1) is 21.4. The van der Waals surface area contributed by atoms with E-state index in [9.17, 15) is 9.59 Å². The number of hydrogen-bond donors (Lipinski definition) is 0. The Hall–Kier alpha value is -2.82. The molecule has 31 heavy (non-hydrogen) atoms. The van der Waals surface area contributed by atoms with Crippen LogP contribution in [0.1, 0.15) is 49.3 Å². The van der Waals surface area contributed by atoms with Gasteiger partial charge >= 0.3 is 0 Å². The van der Waals surface area contributed by atoms with Crippen molar-refractivity contribution in [1.29, 1.82) is 0 Å². The number of likely N-dealkylation sites (tertiary alicyclic amines) is 2. The zero-order valence-electron chi connectivity index (χ0n) is 18.3. The molecule has 0 spiro atoms. The van der Waals surface area contributed by atoms with E-state index in [-0.39, 0.29) is 11.8 Å². The van der Waals surface area contributed by atoms with Crippen molar-refractivity contribution in [1.82, 2.24) is 9.80 Å². The molecule has 2 aromatic rings. The Morgan fingerprint density at radius 1 is 1.00 bits per heavy atom. The number of methoxy groups -OCH3 is 1. The molecular weight excluding hydrogens is 388 g/mol. The van der Waals surface area contributed by atoms with E-state index in [4.69, 9.17) is 4.74 Å². The van der Waals surface area contributed by atoms with Crippen LogP contribution in [0.3, 0.4) is 0 Å². The van der Waals surface area contributed by atoms with Crippen LogP contribution >= 0.6 is 0 Å². The Bertz CT molecular complexity index is 873. The number of nitrogens with zero attached hydrogens (tertiary/aromatic N) is 2. The summed E-state index contributed by atoms with van der Waals surface area (Å²) in [6.07, 6.45) is 5.44. The third-order valence-corrected chi connectivity index (χ3v) is 6.63. The fourth-order valence-electron chi connectivity index (χ4n) is 4.82. The predicted octanol–water partition coefficient (Wildman–Crippen LogP) is 4.23. The van der Waals surface area contributed by atoms with E-state index in [2.05, 4.69) is 12.1 Å². The molecule has 0 saturated carbocycles. The highest BCUT2D eigenvalue weighted by Crippen LogP contribution is 2.30. The van der Waals surface area contributed by atoms with Gasteiger partial charge in [-0.05, 0) is 61.3 Å². The highest BCUT2D eigenvalue weighted by Gasteiger charge is 2.36. The second-order valence-electron chi connectivity index (χ2n) is 8.68. The molecule has 2 aliphatic heterocycles. The van der Waals surface area contributed by atoms with Crippen LogP contribution in [-0.4, -0.2) is 48.4 Å². The average molecular weight is 421 g/mol. The zero-order valence-corrected chi connectivity index (χ0v) is 18.3. The lowest BCUT2D eigenvalue weighted by Crippen LogP contribution is -2.49. The Kier molecular flexibility index (Phi) is 6.90. The molecule has 2 heterocycles. The fourth-order valence-corrected chi connectivity index (χ4v) is 4.82. The number of benzene rings is 2. The molecule has 2 fully saturated rings. The van der Waals surface area contributed by atoms with Crippen LogP contribution in [-0.2, 0) is 16.0 Å². The lowest BCUT2D eigenvalue weighted by molar-refractivity contribution is -0.148. The van der Waals surface area contributed by atoms with E-state index < -0.39 is 6.04 Å². The molecule has 2 saturated heterocycles. The molecule has 4 rings (SSSR count). The second-order valence-corrected chi connectivity index (χ2v) is 8.68. The number of amides is 2. The summed E-state index contributed by atoms with van der Waals surface area (Å²) in [6.45, 7) is 2.17. The van der Waals surface area contributed by atoms with Crippen molar-refractivity contribution >= 4 is 11.8 Å². The largest absolute Gasteiger partial charge is 0.497 e. The molecule has 2 aromatic carbocycles. The van der Waals surface area contributed by atoms with Crippen LogP contribution < -0.4 is 4.74 Å². The highest BCUT2D eigenvalue weighted by atomic mass is 16.5. The van der Waals surface area contributed by atoms with Gasteiger partial charge in [-0.15, -0.1) is 0 Å². The maximum absolute atomic E-state index is 13.6. The smallest absolute Gasteiger partial charge is 0.250 e. The van der Waals surface area contributed by atoms with E-state index in [1.54, 1.807) is 7.11 Å². The molecule has 5 heteroatoms. The summed E-state index contributed by atoms with van der Waals surface area (Å²) >= 11 is 0. The molecule has 0 radical (unpaired) electrons. The van der Waals surface area contributed by atoms with Crippen LogP contribution in [0, 0.1) is 5.92 Å². The quantitative estimate of drug-likeness (QED) is 0.703. The van der Waals surface area contributed by atoms with Crippen molar-refractivity contribution < 1.29 is 14.3 Å². The molecule has 2 aliphatic rings. The molecule has 2 amide bonds. The summed E-state index contributed by atoms with van der Waals surface area (Å²) in [5.74, 6) is 1.62. The first-order valence-electron chi connectivity index (χ1n) is 11.4. The zero-order chi connectivity index (χ0) is 21.6. The Morgan fingerprint density at radius 3 is 2.35 bits per heavy atom. The molecule has 5 nitrogen and oxygen atoms in total. The number of piperidine rings is 2. The van der Waals surface area contributed by atoms with Gasteiger partial charge < -0.3 is 14.5 Å². The topological polar surface area (TPSA) is 49.9 Å². The van der Waals surface area contributed by atoms with E-state index in [0.717, 1.165) is 56.5 Å². The summed E-state index contributed by atoms with van der Waals surface area (Å²) in [7, 11) is 1.68. The summed E-state index contributed by atoms with van der Waals surface area (Å²) in [6, 6.07) is 17.6. The van der Waals surface area contributed by atoms with E-state index in [1.165, 1.54) is 5.56 Å². The molecule has 0 aliphatic carbocycles. The Labute approximate surface area is 185 Å². The van der Waals surface area contributed by atoms with Gasteiger partial charge in [0.2, 0.25) is 11.8 Å². The van der Waals surface area contributed by atoms with E-state index >= 15 is 0 Å². The third kappa shape index (κ3) is 5.09. The standard InChI is InChI=1S/C26H32N2O3/c1-31-23-12-10-20(11-13-23)19-21-14-17-27(18-15-21)26(30)25(22-7-3-2-4-8-22)28-16-6-5-9-24(28)29/h2-4,7-8,10-13,21,25H,5-6,9,14-19H2,1H3. The summed E-state index contributed by atoms with van der Waals surface area (Å²) in [5.41, 5.74) is 2.23. The normalized spacial score (nSPS) is 18.7. The van der Waals surface area contributed by atoms with Crippen molar-refractivity contribution in [3.8, 4) is 5.75 Å². The van der Waals surface area contributed by atoms with Gasteiger partial charge in [-0.2, -0.15) is 0 Å². The van der Waals surface area contributed by atoms with Gasteiger partial charge in [0, 0.05) is 26.1 Å². The first-order chi connectivity index (χ1) is 15.2. The molecular formula is C26H32N2O3. The first-order valence-corrected chi connectivity index (χ1v) is 11.4. The SMILES string of the molecule is COc1ccc(CC2CCN(C(=O)C(c3ccccc3)N3CCCCC3=O)CC2)cc1. The molecule has 1 unspecified atom stereocenters. The summed E-state index contributed by atoms with van der Waals surface area (Å²) in [5, 5.41) is 0. The Morgan fingerprint density at radius 2 is 1.71 bits per heavy atom. The van der Waals surface area contributed by atoms with Crippen molar-refractivity contribution in [2.75, 3.05) is 26.7 Å². The third-order valence-electron chi connectivity index (χ3n) is 6.63. The summed E-state index contributed by atoms with van der Waals surface area (Å²) < 4.78 is 5.24. The maximum atomic E-state index is 13.6. The second kappa shape index (κ2) is 9.99. The Balaban J connectivity index is 1.41. The van der Waals surface area contributed by atoms with Gasteiger partial charge in [0.25, 0.3) is 0 Å². The molecule has 1 atom stereocenters. The average Bonchev–Trinajstić information content (AvgIpc) is 2.82. The number of ether oxygens (including phenoxy) is 1. The van der Waals surface area contributed by atoms with Crippen LogP contribution in [0.2, 0.25) is 0 Å². The lowest BCUT2D eigenvalue weighted by Gasteiger charge is -2.39. The molecule has 0 bridgehead atoms. The number of hydrogen-bond acceptors (Lipinski definition) is 3. The van der Waals surface area contributed by atoms with Crippen LogP contribution in [0.4, 0.5) is 0 Å². The molecule has 164 valence electrons. The van der Waals surface area contributed by atoms with Gasteiger partial charge in [0.1, 0.15) is 11.8 Å². The molecule has 0 aromatic heterocycles. The number of carbonyl (C=O) groups is 2. The minimum absolute atomic E-state index is 0.0735. The van der Waals surface area contributed by atoms with Crippen LogP contribution in [0.15, 0.2) is 54.6 Å². The van der Waals surface area contributed by atoms with Crippen molar-refractivity contribution in [3.63, 3.8) is 0 Å². The van der Waals surface area contributed by atoms with Crippen LogP contribution in [0.5, 0.6) is 5.75 Å². The minimum atomic E-state index is -0.493. The van der Waals surface area contributed by atoms with Gasteiger partial charge in [-0.1, -0.05) is 42.5 Å².